The highest BCUT2D eigenvalue weighted by atomic mass is 16.7. The van der Waals surface area contributed by atoms with Crippen molar-refractivity contribution >= 4 is 6.16 Å². The van der Waals surface area contributed by atoms with E-state index < -0.39 is 23.2 Å². The van der Waals surface area contributed by atoms with Gasteiger partial charge < -0.3 is 9.84 Å². The highest BCUT2D eigenvalue weighted by Gasteiger charge is 2.14. The zero-order valence-corrected chi connectivity index (χ0v) is 9.94. The van der Waals surface area contributed by atoms with Gasteiger partial charge in [0.15, 0.2) is 0 Å². The van der Waals surface area contributed by atoms with E-state index >= 15 is 0 Å². The van der Waals surface area contributed by atoms with E-state index in [1.54, 1.807) is 30.3 Å². The Morgan fingerprint density at radius 1 is 1.21 bits per heavy atom. The maximum Gasteiger partial charge on any atom is 0.511 e. The first-order chi connectivity index (χ1) is 9.00. The van der Waals surface area contributed by atoms with Gasteiger partial charge in [-0.25, -0.2) is 14.2 Å². The van der Waals surface area contributed by atoms with Crippen molar-refractivity contribution in [3.8, 4) is 11.4 Å². The summed E-state index contributed by atoms with van der Waals surface area (Å²) in [6, 6.07) is 8.18. The van der Waals surface area contributed by atoms with Crippen LogP contribution in [0.3, 0.4) is 0 Å². The molecule has 2 aromatic rings. The van der Waals surface area contributed by atoms with Crippen molar-refractivity contribution in [2.45, 2.75) is 0 Å². The molecular weight excluding hydrogens is 252 g/mol. The minimum atomic E-state index is -1.62. The molecule has 1 aromatic carbocycles. The van der Waals surface area contributed by atoms with Crippen LogP contribution in [0.4, 0.5) is 4.79 Å². The van der Waals surface area contributed by atoms with Crippen LogP contribution in [-0.4, -0.2) is 20.4 Å². The second-order valence-corrected chi connectivity index (χ2v) is 3.73. The Bertz CT molecular complexity index is 730. The molecule has 0 unspecified atom stereocenters. The molecule has 2 rings (SSSR count). The lowest BCUT2D eigenvalue weighted by atomic mass is 10.3. The van der Waals surface area contributed by atoms with Gasteiger partial charge in [-0.2, -0.15) is 0 Å². The number of benzene rings is 1. The van der Waals surface area contributed by atoms with Crippen LogP contribution in [0.5, 0.6) is 5.75 Å². The lowest BCUT2D eigenvalue weighted by Gasteiger charge is -2.09. The smallest absolute Gasteiger partial charge is 0.449 e. The lowest BCUT2D eigenvalue weighted by Crippen LogP contribution is -2.38. The number of hydrogen-bond acceptors (Lipinski definition) is 4. The molecule has 0 radical (unpaired) electrons. The maximum atomic E-state index is 12.0. The number of hydrogen-bond donors (Lipinski definition) is 1. The Kier molecular flexibility index (Phi) is 3.19. The third kappa shape index (κ3) is 2.39. The number of nitrogens with zero attached hydrogens (tertiary/aromatic N) is 2. The molecule has 0 bridgehead atoms. The second-order valence-electron chi connectivity index (χ2n) is 3.73. The van der Waals surface area contributed by atoms with Gasteiger partial charge in [0.1, 0.15) is 0 Å². The van der Waals surface area contributed by atoms with E-state index in [2.05, 4.69) is 4.74 Å². The normalized spacial score (nSPS) is 10.2. The van der Waals surface area contributed by atoms with E-state index in [9.17, 15) is 14.4 Å². The summed E-state index contributed by atoms with van der Waals surface area (Å²) in [6.45, 7) is 0. The quantitative estimate of drug-likeness (QED) is 0.800. The molecule has 0 spiro atoms. The van der Waals surface area contributed by atoms with Crippen LogP contribution in [0, 0.1) is 0 Å². The Morgan fingerprint density at radius 3 is 2.42 bits per heavy atom. The Labute approximate surface area is 106 Å². The predicted octanol–water partition coefficient (Wildman–Crippen LogP) is 0.593. The van der Waals surface area contributed by atoms with Crippen molar-refractivity contribution in [2.24, 2.45) is 7.05 Å². The first-order valence-electron chi connectivity index (χ1n) is 5.29. The Hall–Kier alpha value is -2.83. The largest absolute Gasteiger partial charge is 0.511 e. The molecule has 0 saturated carbocycles. The first kappa shape index (κ1) is 12.6. The molecule has 0 aliphatic carbocycles. The van der Waals surface area contributed by atoms with Gasteiger partial charge >= 0.3 is 17.4 Å². The minimum Gasteiger partial charge on any atom is -0.449 e. The minimum absolute atomic E-state index is 0.337. The van der Waals surface area contributed by atoms with Gasteiger partial charge in [-0.3, -0.25) is 9.36 Å². The number of rotatable bonds is 2. The van der Waals surface area contributed by atoms with Crippen LogP contribution in [0.1, 0.15) is 0 Å². The van der Waals surface area contributed by atoms with E-state index in [-0.39, 0.29) is 0 Å². The predicted molar refractivity (Wildman–Crippen MR) is 65.9 cm³/mol. The van der Waals surface area contributed by atoms with E-state index in [0.29, 0.717) is 5.69 Å². The van der Waals surface area contributed by atoms with E-state index in [0.717, 1.165) is 15.3 Å². The van der Waals surface area contributed by atoms with Gasteiger partial charge in [-0.1, -0.05) is 18.2 Å². The number of carbonyl (C=O) groups is 1. The van der Waals surface area contributed by atoms with Crippen LogP contribution < -0.4 is 16.0 Å². The summed E-state index contributed by atoms with van der Waals surface area (Å²) in [5.74, 6) is -0.432. The molecule has 1 heterocycles. The van der Waals surface area contributed by atoms with Crippen LogP contribution in [-0.2, 0) is 7.05 Å². The standard InChI is InChI=1S/C12H10N2O5/c1-13-7-9(19-12(17)18)10(15)14(11(13)16)8-5-3-2-4-6-8/h2-7H,1H3,(H,17,18). The number of aryl methyl sites for hydroxylation is 1. The molecule has 1 aromatic heterocycles. The average molecular weight is 262 g/mol. The highest BCUT2D eigenvalue weighted by molar-refractivity contribution is 5.60. The fourth-order valence-corrected chi connectivity index (χ4v) is 1.61. The molecule has 0 amide bonds. The van der Waals surface area contributed by atoms with Crippen molar-refractivity contribution in [3.05, 3.63) is 57.4 Å². The third-order valence-electron chi connectivity index (χ3n) is 2.43. The molecule has 19 heavy (non-hydrogen) atoms. The maximum absolute atomic E-state index is 12.0. The molecule has 0 aliphatic heterocycles. The Balaban J connectivity index is 2.74. The number of ether oxygens (including phenoxy) is 1. The summed E-state index contributed by atoms with van der Waals surface area (Å²) in [4.78, 5) is 34.5. The third-order valence-corrected chi connectivity index (χ3v) is 2.43. The summed E-state index contributed by atoms with van der Waals surface area (Å²) in [6.07, 6.45) is -0.575. The molecule has 0 atom stereocenters. The number of para-hydroxylation sites is 1. The molecule has 0 fully saturated rings. The summed E-state index contributed by atoms with van der Waals surface area (Å²) < 4.78 is 6.29. The van der Waals surface area contributed by atoms with E-state index in [1.165, 1.54) is 7.05 Å². The van der Waals surface area contributed by atoms with E-state index in [4.69, 9.17) is 5.11 Å². The fourth-order valence-electron chi connectivity index (χ4n) is 1.61. The van der Waals surface area contributed by atoms with Crippen LogP contribution in [0.15, 0.2) is 46.1 Å². The Morgan fingerprint density at radius 2 is 1.84 bits per heavy atom. The van der Waals surface area contributed by atoms with Crippen molar-refractivity contribution in [3.63, 3.8) is 0 Å². The van der Waals surface area contributed by atoms with Gasteiger partial charge in [0.2, 0.25) is 5.75 Å². The van der Waals surface area contributed by atoms with Crippen molar-refractivity contribution in [1.29, 1.82) is 0 Å². The second kappa shape index (κ2) is 4.81. The average Bonchev–Trinajstić information content (AvgIpc) is 2.37. The van der Waals surface area contributed by atoms with Gasteiger partial charge in [0, 0.05) is 7.05 Å². The molecule has 7 nitrogen and oxygen atoms in total. The van der Waals surface area contributed by atoms with Crippen molar-refractivity contribution in [1.82, 2.24) is 9.13 Å². The first-order valence-corrected chi connectivity index (χ1v) is 5.29. The van der Waals surface area contributed by atoms with Crippen LogP contribution in [0.2, 0.25) is 0 Å². The molecule has 0 aliphatic rings. The number of aromatic nitrogens is 2. The van der Waals surface area contributed by atoms with Crippen LogP contribution >= 0.6 is 0 Å². The molecule has 0 saturated heterocycles. The summed E-state index contributed by atoms with van der Waals surface area (Å²) >= 11 is 0. The lowest BCUT2D eigenvalue weighted by molar-refractivity contribution is 0.143. The van der Waals surface area contributed by atoms with E-state index in [1.807, 2.05) is 0 Å². The molecular formula is C12H10N2O5. The van der Waals surface area contributed by atoms with Crippen molar-refractivity contribution < 1.29 is 14.6 Å². The number of carboxylic acid groups (broad SMARTS) is 1. The van der Waals surface area contributed by atoms with Gasteiger partial charge in [-0.15, -0.1) is 0 Å². The zero-order valence-electron chi connectivity index (χ0n) is 9.94. The summed E-state index contributed by atoms with van der Waals surface area (Å²) in [5.41, 5.74) is -1.07. The monoisotopic (exact) mass is 262 g/mol. The summed E-state index contributed by atoms with van der Waals surface area (Å²) in [5, 5.41) is 8.56. The van der Waals surface area contributed by atoms with Crippen LogP contribution in [0.25, 0.3) is 5.69 Å². The van der Waals surface area contributed by atoms with Crippen molar-refractivity contribution in [2.75, 3.05) is 0 Å². The molecule has 98 valence electrons. The van der Waals surface area contributed by atoms with Gasteiger partial charge in [0.05, 0.1) is 11.9 Å². The zero-order chi connectivity index (χ0) is 14.0. The van der Waals surface area contributed by atoms with Gasteiger partial charge in [0.25, 0.3) is 0 Å². The topological polar surface area (TPSA) is 90.5 Å². The fraction of sp³-hybridized carbons (Fsp3) is 0.0833. The molecule has 1 N–H and O–H groups in total. The SMILES string of the molecule is Cn1cc(OC(=O)O)c(=O)n(-c2ccccc2)c1=O. The highest BCUT2D eigenvalue weighted by Crippen LogP contribution is 2.05. The summed E-state index contributed by atoms with van der Waals surface area (Å²) in [7, 11) is 1.40. The molecule has 7 heteroatoms. The van der Waals surface area contributed by atoms with Gasteiger partial charge in [-0.05, 0) is 12.1 Å².